The summed E-state index contributed by atoms with van der Waals surface area (Å²) >= 11 is 10.7. The molecule has 0 saturated carbocycles. The summed E-state index contributed by atoms with van der Waals surface area (Å²) in [7, 11) is 0. The van der Waals surface area contributed by atoms with Crippen molar-refractivity contribution >= 4 is 38.9 Å². The first kappa shape index (κ1) is 10.1. The summed E-state index contributed by atoms with van der Waals surface area (Å²) in [5, 5.41) is 0.738. The first-order valence-corrected chi connectivity index (χ1v) is 6.25. The maximum Gasteiger partial charge on any atom is 0.169 e. The minimum atomic E-state index is 0.735. The van der Waals surface area contributed by atoms with Crippen LogP contribution in [0.15, 0.2) is 24.4 Å². The van der Waals surface area contributed by atoms with E-state index in [1.54, 1.807) is 6.20 Å². The smallest absolute Gasteiger partial charge is 0.169 e. The molecule has 2 aromatic rings. The van der Waals surface area contributed by atoms with E-state index in [0.29, 0.717) is 0 Å². The van der Waals surface area contributed by atoms with Gasteiger partial charge in [-0.3, -0.25) is 0 Å². The molecule has 0 bridgehead atoms. The van der Waals surface area contributed by atoms with Crippen LogP contribution in [0.1, 0.15) is 5.69 Å². The molecule has 0 saturated heterocycles. The molecule has 0 aromatic carbocycles. The minimum Gasteiger partial charge on any atom is -0.236 e. The van der Waals surface area contributed by atoms with Crippen molar-refractivity contribution in [2.45, 2.75) is 5.33 Å². The average molecular weight is 290 g/mol. The van der Waals surface area contributed by atoms with E-state index in [9.17, 15) is 0 Å². The summed E-state index contributed by atoms with van der Waals surface area (Å²) in [6.45, 7) is 0. The number of alkyl halides is 1. The standard InChI is InChI=1S/C9H6BrClN2S/c10-5-6-3-4-12-9(13-6)7-1-2-8(11)14-7/h1-4H,5H2. The Bertz CT molecular complexity index is 444. The van der Waals surface area contributed by atoms with Gasteiger partial charge in [0, 0.05) is 11.5 Å². The van der Waals surface area contributed by atoms with Gasteiger partial charge in [-0.2, -0.15) is 0 Å². The van der Waals surface area contributed by atoms with E-state index in [2.05, 4.69) is 25.9 Å². The Morgan fingerprint density at radius 2 is 2.21 bits per heavy atom. The SMILES string of the molecule is Clc1ccc(-c2nccc(CBr)n2)s1. The second-order valence-corrected chi connectivity index (χ2v) is 4.88. The first-order valence-electron chi connectivity index (χ1n) is 3.93. The van der Waals surface area contributed by atoms with Crippen LogP contribution in [0, 0.1) is 0 Å². The van der Waals surface area contributed by atoms with Gasteiger partial charge in [-0.1, -0.05) is 27.5 Å². The van der Waals surface area contributed by atoms with Crippen LogP contribution in [0.2, 0.25) is 4.34 Å². The molecule has 0 atom stereocenters. The molecule has 0 unspecified atom stereocenters. The Morgan fingerprint density at radius 3 is 2.86 bits per heavy atom. The molecule has 2 heterocycles. The minimum absolute atomic E-state index is 0.735. The zero-order valence-corrected chi connectivity index (χ0v) is 10.2. The highest BCUT2D eigenvalue weighted by Gasteiger charge is 2.04. The lowest BCUT2D eigenvalue weighted by Gasteiger charge is -1.97. The molecule has 0 amide bonds. The Hall–Kier alpha value is -0.450. The number of thiophene rings is 1. The number of hydrogen-bond acceptors (Lipinski definition) is 3. The maximum absolute atomic E-state index is 5.84. The van der Waals surface area contributed by atoms with Gasteiger partial charge in [0.1, 0.15) is 0 Å². The molecule has 0 spiro atoms. The molecule has 2 rings (SSSR count). The quantitative estimate of drug-likeness (QED) is 0.787. The van der Waals surface area contributed by atoms with Gasteiger partial charge in [0.15, 0.2) is 5.82 Å². The number of aromatic nitrogens is 2. The van der Waals surface area contributed by atoms with Gasteiger partial charge in [-0.05, 0) is 18.2 Å². The summed E-state index contributed by atoms with van der Waals surface area (Å²) in [5.41, 5.74) is 0.972. The Morgan fingerprint density at radius 1 is 1.36 bits per heavy atom. The number of hydrogen-bond donors (Lipinski definition) is 0. The highest BCUT2D eigenvalue weighted by molar-refractivity contribution is 9.08. The zero-order valence-electron chi connectivity index (χ0n) is 7.08. The third-order valence-electron chi connectivity index (χ3n) is 1.64. The first-order chi connectivity index (χ1) is 6.79. The summed E-state index contributed by atoms with van der Waals surface area (Å²) in [5.74, 6) is 0.735. The molecule has 72 valence electrons. The van der Waals surface area contributed by atoms with Crippen LogP contribution in [-0.2, 0) is 5.33 Å². The van der Waals surface area contributed by atoms with Gasteiger partial charge in [-0.15, -0.1) is 11.3 Å². The van der Waals surface area contributed by atoms with Gasteiger partial charge < -0.3 is 0 Å². The van der Waals surface area contributed by atoms with Crippen LogP contribution in [0.4, 0.5) is 0 Å². The Balaban J connectivity index is 2.41. The van der Waals surface area contributed by atoms with Gasteiger partial charge >= 0.3 is 0 Å². The Kier molecular flexibility index (Phi) is 3.15. The average Bonchev–Trinajstić information content (AvgIpc) is 2.65. The van der Waals surface area contributed by atoms with Gasteiger partial charge in [0.25, 0.3) is 0 Å². The van der Waals surface area contributed by atoms with E-state index in [1.807, 2.05) is 18.2 Å². The third kappa shape index (κ3) is 2.13. The predicted octanol–water partition coefficient (Wildman–Crippen LogP) is 3.75. The van der Waals surface area contributed by atoms with Crippen LogP contribution in [-0.4, -0.2) is 9.97 Å². The fourth-order valence-corrected chi connectivity index (χ4v) is 2.32. The molecule has 14 heavy (non-hydrogen) atoms. The van der Waals surface area contributed by atoms with Crippen molar-refractivity contribution in [1.82, 2.24) is 9.97 Å². The van der Waals surface area contributed by atoms with Gasteiger partial charge in [0.05, 0.1) is 14.9 Å². The topological polar surface area (TPSA) is 25.8 Å². The van der Waals surface area contributed by atoms with Crippen molar-refractivity contribution in [3.8, 4) is 10.7 Å². The molecular weight excluding hydrogens is 284 g/mol. The van der Waals surface area contributed by atoms with E-state index >= 15 is 0 Å². The fourth-order valence-electron chi connectivity index (χ4n) is 1.02. The summed E-state index contributed by atoms with van der Waals surface area (Å²) < 4.78 is 0.757. The molecule has 0 radical (unpaired) electrons. The summed E-state index contributed by atoms with van der Waals surface area (Å²) in [6, 6.07) is 5.67. The monoisotopic (exact) mass is 288 g/mol. The number of halogens is 2. The van der Waals surface area contributed by atoms with Crippen molar-refractivity contribution < 1.29 is 0 Å². The largest absolute Gasteiger partial charge is 0.236 e. The second kappa shape index (κ2) is 4.38. The van der Waals surface area contributed by atoms with Crippen molar-refractivity contribution in [2.24, 2.45) is 0 Å². The lowest BCUT2D eigenvalue weighted by molar-refractivity contribution is 1.11. The van der Waals surface area contributed by atoms with Gasteiger partial charge in [-0.25, -0.2) is 9.97 Å². The summed E-state index contributed by atoms with van der Waals surface area (Å²) in [4.78, 5) is 9.56. The molecule has 2 nitrogen and oxygen atoms in total. The van der Waals surface area contributed by atoms with Crippen molar-refractivity contribution in [2.75, 3.05) is 0 Å². The molecule has 0 aliphatic heterocycles. The van der Waals surface area contributed by atoms with Gasteiger partial charge in [0.2, 0.25) is 0 Å². The van der Waals surface area contributed by atoms with E-state index in [4.69, 9.17) is 11.6 Å². The highest BCUT2D eigenvalue weighted by atomic mass is 79.9. The van der Waals surface area contributed by atoms with Crippen LogP contribution < -0.4 is 0 Å². The fraction of sp³-hybridized carbons (Fsp3) is 0.111. The highest BCUT2D eigenvalue weighted by Crippen LogP contribution is 2.28. The lowest BCUT2D eigenvalue weighted by atomic mass is 10.4. The van der Waals surface area contributed by atoms with Crippen LogP contribution in [0.5, 0.6) is 0 Å². The lowest BCUT2D eigenvalue weighted by Crippen LogP contribution is -1.90. The number of rotatable bonds is 2. The van der Waals surface area contributed by atoms with Crippen molar-refractivity contribution in [1.29, 1.82) is 0 Å². The zero-order chi connectivity index (χ0) is 9.97. The van der Waals surface area contributed by atoms with Crippen molar-refractivity contribution in [3.63, 3.8) is 0 Å². The van der Waals surface area contributed by atoms with E-state index in [-0.39, 0.29) is 0 Å². The van der Waals surface area contributed by atoms with Crippen LogP contribution in [0.3, 0.4) is 0 Å². The molecule has 0 aliphatic carbocycles. The summed E-state index contributed by atoms with van der Waals surface area (Å²) in [6.07, 6.45) is 1.76. The molecule has 5 heteroatoms. The van der Waals surface area contributed by atoms with E-state index < -0.39 is 0 Å². The van der Waals surface area contributed by atoms with Crippen LogP contribution >= 0.6 is 38.9 Å². The molecule has 2 aromatic heterocycles. The molecular formula is C9H6BrClN2S. The van der Waals surface area contributed by atoms with Crippen molar-refractivity contribution in [3.05, 3.63) is 34.4 Å². The Labute approximate surface area is 99.1 Å². The van der Waals surface area contributed by atoms with Crippen LogP contribution in [0.25, 0.3) is 10.7 Å². The molecule has 0 N–H and O–H groups in total. The second-order valence-electron chi connectivity index (χ2n) is 2.61. The van der Waals surface area contributed by atoms with E-state index in [0.717, 1.165) is 26.1 Å². The maximum atomic E-state index is 5.84. The van der Waals surface area contributed by atoms with E-state index in [1.165, 1.54) is 11.3 Å². The molecule has 0 aliphatic rings. The predicted molar refractivity (Wildman–Crippen MR) is 63.0 cm³/mol. The number of nitrogens with zero attached hydrogens (tertiary/aromatic N) is 2. The third-order valence-corrected chi connectivity index (χ3v) is 3.45. The molecule has 0 fully saturated rings. The normalized spacial score (nSPS) is 10.4.